The molecule has 4 fully saturated rings. The Balaban J connectivity index is 1.29. The zero-order valence-corrected chi connectivity index (χ0v) is 18.5. The van der Waals surface area contributed by atoms with Crippen LogP contribution in [-0.4, -0.2) is 12.9 Å². The number of carbonyl (C=O) groups excluding carboxylic acids is 1. The summed E-state index contributed by atoms with van der Waals surface area (Å²) in [5.74, 6) is 4.08. The second-order valence-corrected chi connectivity index (χ2v) is 9.89. The highest BCUT2D eigenvalue weighted by Crippen LogP contribution is 2.60. The van der Waals surface area contributed by atoms with Crippen LogP contribution >= 0.6 is 0 Å². The molecule has 0 saturated heterocycles. The highest BCUT2D eigenvalue weighted by atomic mass is 16.5. The molecular weight excluding hydrogens is 398 g/mol. The van der Waals surface area contributed by atoms with Gasteiger partial charge in [-0.3, -0.25) is 4.79 Å². The van der Waals surface area contributed by atoms with Crippen LogP contribution in [0.15, 0.2) is 48.5 Å². The Kier molecular flexibility index (Phi) is 5.51. The molecule has 0 aliphatic heterocycles. The average Bonchev–Trinajstić information content (AvgIpc) is 2.80. The number of rotatable bonds is 7. The van der Waals surface area contributed by atoms with E-state index in [4.69, 9.17) is 14.7 Å². The van der Waals surface area contributed by atoms with E-state index in [1.54, 1.807) is 31.4 Å². The van der Waals surface area contributed by atoms with Crippen LogP contribution in [0.4, 0.5) is 0 Å². The van der Waals surface area contributed by atoms with Gasteiger partial charge in [0.15, 0.2) is 5.78 Å². The van der Waals surface area contributed by atoms with Crippen LogP contribution < -0.4 is 9.47 Å². The monoisotopic (exact) mass is 427 g/mol. The number of nitriles is 1. The summed E-state index contributed by atoms with van der Waals surface area (Å²) in [7, 11) is 1.65. The Hall–Kier alpha value is -3.06. The van der Waals surface area contributed by atoms with E-state index in [0.717, 1.165) is 53.9 Å². The van der Waals surface area contributed by atoms with Crippen molar-refractivity contribution in [3.8, 4) is 17.6 Å². The normalized spacial score (nSPS) is 27.9. The maximum Gasteiger partial charge on any atom is 0.161 e. The van der Waals surface area contributed by atoms with E-state index < -0.39 is 0 Å². The Bertz CT molecular complexity index is 1040. The van der Waals surface area contributed by atoms with Crippen molar-refractivity contribution in [3.05, 3.63) is 65.2 Å². The molecule has 0 N–H and O–H groups in total. The summed E-state index contributed by atoms with van der Waals surface area (Å²) < 4.78 is 11.4. The van der Waals surface area contributed by atoms with Crippen molar-refractivity contribution in [1.29, 1.82) is 5.26 Å². The predicted octanol–water partition coefficient (Wildman–Crippen LogP) is 5.94. The molecule has 32 heavy (non-hydrogen) atoms. The van der Waals surface area contributed by atoms with Gasteiger partial charge in [0.1, 0.15) is 18.1 Å². The second-order valence-electron chi connectivity index (χ2n) is 9.89. The first-order valence-corrected chi connectivity index (χ1v) is 11.6. The van der Waals surface area contributed by atoms with Crippen molar-refractivity contribution in [2.45, 2.75) is 45.1 Å². The summed E-state index contributed by atoms with van der Waals surface area (Å²) >= 11 is 0. The molecular formula is C28H29NO3. The first-order chi connectivity index (χ1) is 15.6. The van der Waals surface area contributed by atoms with E-state index in [0.29, 0.717) is 23.7 Å². The largest absolute Gasteiger partial charge is 0.496 e. The van der Waals surface area contributed by atoms with E-state index in [-0.39, 0.29) is 5.41 Å². The molecule has 4 bridgehead atoms. The minimum Gasteiger partial charge on any atom is -0.496 e. The van der Waals surface area contributed by atoms with Crippen LogP contribution in [0.1, 0.15) is 55.2 Å². The first kappa shape index (κ1) is 20.8. The highest BCUT2D eigenvalue weighted by Gasteiger charge is 2.53. The fourth-order valence-corrected chi connectivity index (χ4v) is 6.56. The van der Waals surface area contributed by atoms with Crippen molar-refractivity contribution >= 4 is 11.9 Å². The van der Waals surface area contributed by atoms with E-state index in [2.05, 4.69) is 6.07 Å². The van der Waals surface area contributed by atoms with Gasteiger partial charge in [-0.15, -0.1) is 0 Å². The molecule has 0 aromatic heterocycles. The molecule has 0 unspecified atom stereocenters. The van der Waals surface area contributed by atoms with Gasteiger partial charge in [0.25, 0.3) is 0 Å². The van der Waals surface area contributed by atoms with Crippen LogP contribution in [0, 0.1) is 34.5 Å². The van der Waals surface area contributed by atoms with E-state index in [1.165, 1.54) is 19.3 Å². The summed E-state index contributed by atoms with van der Waals surface area (Å²) in [6.07, 6.45) is 11.1. The number of hydrogen-bond donors (Lipinski definition) is 0. The topological polar surface area (TPSA) is 59.3 Å². The molecule has 0 atom stereocenters. The maximum absolute atomic E-state index is 13.3. The van der Waals surface area contributed by atoms with Crippen molar-refractivity contribution in [2.24, 2.45) is 23.2 Å². The Morgan fingerprint density at radius 1 is 1.06 bits per heavy atom. The highest BCUT2D eigenvalue weighted by molar-refractivity contribution is 5.98. The fourth-order valence-electron chi connectivity index (χ4n) is 6.56. The average molecular weight is 428 g/mol. The molecule has 4 heteroatoms. The summed E-state index contributed by atoms with van der Waals surface area (Å²) in [6, 6.07) is 15.1. The maximum atomic E-state index is 13.3. The van der Waals surface area contributed by atoms with Crippen LogP contribution in [0.2, 0.25) is 0 Å². The summed E-state index contributed by atoms with van der Waals surface area (Å²) in [5.41, 5.74) is 2.40. The first-order valence-electron chi connectivity index (χ1n) is 11.6. The Labute approximate surface area is 189 Å². The molecule has 4 aliphatic carbocycles. The van der Waals surface area contributed by atoms with Gasteiger partial charge in [-0.1, -0.05) is 12.1 Å². The van der Waals surface area contributed by atoms with Crippen molar-refractivity contribution in [2.75, 3.05) is 7.11 Å². The Morgan fingerprint density at radius 2 is 1.72 bits per heavy atom. The molecule has 2 aromatic carbocycles. The molecule has 4 saturated carbocycles. The molecule has 4 aliphatic rings. The quantitative estimate of drug-likeness (QED) is 0.513. The molecule has 2 aromatic rings. The van der Waals surface area contributed by atoms with Gasteiger partial charge < -0.3 is 9.47 Å². The standard InChI is InChI=1S/C28H29NO3/c1-31-26-8-4-19(13-24(26)18-32-25-6-2-20(17-29)3-7-25)5-9-27(30)28-14-21-10-22(15-28)12-23(11-21)16-28/h2-9,13,21-23H,10-12,14-16,18H2,1H3/b9-5+. The van der Waals surface area contributed by atoms with Crippen LogP contribution in [0.5, 0.6) is 11.5 Å². The number of methoxy groups -OCH3 is 1. The summed E-state index contributed by atoms with van der Waals surface area (Å²) in [4.78, 5) is 13.3. The smallest absolute Gasteiger partial charge is 0.161 e. The predicted molar refractivity (Wildman–Crippen MR) is 123 cm³/mol. The van der Waals surface area contributed by atoms with Crippen LogP contribution in [0.25, 0.3) is 6.08 Å². The number of allylic oxidation sites excluding steroid dienone is 1. The molecule has 0 amide bonds. The molecule has 4 nitrogen and oxygen atoms in total. The second kappa shape index (κ2) is 8.47. The molecule has 0 radical (unpaired) electrons. The molecule has 0 heterocycles. The van der Waals surface area contributed by atoms with Gasteiger partial charge in [0, 0.05) is 11.0 Å². The van der Waals surface area contributed by atoms with Gasteiger partial charge in [0.05, 0.1) is 18.7 Å². The zero-order chi connectivity index (χ0) is 22.1. The fraction of sp³-hybridized carbons (Fsp3) is 0.429. The van der Waals surface area contributed by atoms with Crippen molar-refractivity contribution < 1.29 is 14.3 Å². The van der Waals surface area contributed by atoms with Crippen molar-refractivity contribution in [1.82, 2.24) is 0 Å². The summed E-state index contributed by atoms with van der Waals surface area (Å²) in [5, 5.41) is 8.93. The van der Waals surface area contributed by atoms with Gasteiger partial charge in [-0.25, -0.2) is 0 Å². The van der Waals surface area contributed by atoms with Gasteiger partial charge in [0.2, 0.25) is 0 Å². The van der Waals surface area contributed by atoms with E-state index >= 15 is 0 Å². The third-order valence-corrected chi connectivity index (χ3v) is 7.67. The molecule has 0 spiro atoms. The number of nitrogens with zero attached hydrogens (tertiary/aromatic N) is 1. The number of hydrogen-bond acceptors (Lipinski definition) is 4. The number of ether oxygens (including phenoxy) is 2. The number of carbonyl (C=O) groups is 1. The lowest BCUT2D eigenvalue weighted by molar-refractivity contribution is -0.138. The van der Waals surface area contributed by atoms with Crippen LogP contribution in [0.3, 0.4) is 0 Å². The Morgan fingerprint density at radius 3 is 2.31 bits per heavy atom. The van der Waals surface area contributed by atoms with E-state index in [1.807, 2.05) is 30.4 Å². The third-order valence-electron chi connectivity index (χ3n) is 7.67. The summed E-state index contributed by atoms with van der Waals surface area (Å²) in [6.45, 7) is 0.347. The molecule has 164 valence electrons. The lowest BCUT2D eigenvalue weighted by atomic mass is 9.48. The number of ketones is 1. The minimum absolute atomic E-state index is 0.0980. The lowest BCUT2D eigenvalue weighted by Crippen LogP contribution is -2.49. The van der Waals surface area contributed by atoms with Crippen molar-refractivity contribution in [3.63, 3.8) is 0 Å². The number of benzene rings is 2. The SMILES string of the molecule is COc1ccc(/C=C/C(=O)C23CC4CC(CC(C4)C2)C3)cc1COc1ccc(C#N)cc1. The third kappa shape index (κ3) is 4.05. The molecule has 6 rings (SSSR count). The van der Waals surface area contributed by atoms with E-state index in [9.17, 15) is 4.79 Å². The van der Waals surface area contributed by atoms with Crippen LogP contribution in [-0.2, 0) is 11.4 Å². The van der Waals surface area contributed by atoms with Gasteiger partial charge in [-0.2, -0.15) is 5.26 Å². The minimum atomic E-state index is -0.0980. The van der Waals surface area contributed by atoms with Gasteiger partial charge in [-0.05, 0) is 104 Å². The zero-order valence-electron chi connectivity index (χ0n) is 18.5. The lowest BCUT2D eigenvalue weighted by Gasteiger charge is -2.55. The van der Waals surface area contributed by atoms with Gasteiger partial charge >= 0.3 is 0 Å².